The van der Waals surface area contributed by atoms with E-state index in [9.17, 15) is 0 Å². The van der Waals surface area contributed by atoms with Crippen molar-refractivity contribution in [2.45, 2.75) is 20.3 Å². The normalized spacial score (nSPS) is 30.8. The molecule has 1 saturated carbocycles. The Bertz CT molecular complexity index is 180. The van der Waals surface area contributed by atoms with E-state index in [0.29, 0.717) is 0 Å². The molecule has 0 aromatic rings. The molecule has 1 heterocycles. The number of nitrogens with zero attached hydrogens (tertiary/aromatic N) is 1. The van der Waals surface area contributed by atoms with Crippen LogP contribution < -0.4 is 5.73 Å². The largest absolute Gasteiger partial charge is 0.359 e. The molecule has 0 aromatic carbocycles. The molecule has 2 nitrogen and oxygen atoms in total. The molecule has 2 unspecified atom stereocenters. The molecule has 2 atom stereocenters. The summed E-state index contributed by atoms with van der Waals surface area (Å²) in [5.74, 6) is 4.91. The van der Waals surface area contributed by atoms with Gasteiger partial charge in [0.15, 0.2) is 0 Å². The highest BCUT2D eigenvalue weighted by atomic mass is 15.2. The van der Waals surface area contributed by atoms with Crippen molar-refractivity contribution in [3.63, 3.8) is 0 Å². The summed E-state index contributed by atoms with van der Waals surface area (Å²) < 4.78 is 0. The molecule has 1 saturated heterocycles. The van der Waals surface area contributed by atoms with Gasteiger partial charge in [-0.15, -0.1) is 0 Å². The first-order chi connectivity index (χ1) is 5.90. The molecule has 1 aliphatic heterocycles. The zero-order chi connectivity index (χ0) is 8.97. The predicted octanol–water partition coefficient (Wildman–Crippen LogP) is 0.884. The van der Waals surface area contributed by atoms with Crippen molar-refractivity contribution in [2.75, 3.05) is 19.6 Å². The van der Waals surface area contributed by atoms with Crippen LogP contribution in [-0.4, -0.2) is 24.5 Å². The second kappa shape index (κ2) is 4.37. The van der Waals surface area contributed by atoms with Crippen LogP contribution in [0.1, 0.15) is 20.3 Å². The zero-order valence-electron chi connectivity index (χ0n) is 8.01. The highest BCUT2D eigenvalue weighted by Crippen LogP contribution is 2.44. The minimum atomic E-state index is 0.878. The number of nitrogens with two attached hydrogens (primary N) is 1. The lowest BCUT2D eigenvalue weighted by atomic mass is 10.4. The average Bonchev–Trinajstić information content (AvgIpc) is 2.74. The van der Waals surface area contributed by atoms with E-state index in [4.69, 9.17) is 5.73 Å². The molecule has 12 heavy (non-hydrogen) atoms. The third kappa shape index (κ3) is 2.15. The van der Waals surface area contributed by atoms with Crippen LogP contribution in [-0.2, 0) is 0 Å². The Morgan fingerprint density at radius 3 is 2.42 bits per heavy atom. The van der Waals surface area contributed by atoms with Crippen molar-refractivity contribution in [2.24, 2.45) is 17.6 Å². The first kappa shape index (κ1) is 9.41. The zero-order valence-corrected chi connectivity index (χ0v) is 8.01. The van der Waals surface area contributed by atoms with E-state index in [1.165, 1.54) is 19.5 Å². The van der Waals surface area contributed by atoms with Gasteiger partial charge >= 0.3 is 0 Å². The first-order valence-electron chi connectivity index (χ1n) is 4.81. The van der Waals surface area contributed by atoms with Gasteiger partial charge in [-0.3, -0.25) is 4.90 Å². The van der Waals surface area contributed by atoms with Gasteiger partial charge in [0.25, 0.3) is 0 Å². The Kier molecular flexibility index (Phi) is 3.43. The van der Waals surface area contributed by atoms with Crippen molar-refractivity contribution in [3.8, 4) is 12.0 Å². The Morgan fingerprint density at radius 1 is 1.33 bits per heavy atom. The molecule has 0 amide bonds. The van der Waals surface area contributed by atoms with Crippen molar-refractivity contribution >= 4 is 0 Å². The Hall–Kier alpha value is -0.680. The minimum absolute atomic E-state index is 0.878. The van der Waals surface area contributed by atoms with Crippen molar-refractivity contribution in [3.05, 3.63) is 0 Å². The highest BCUT2D eigenvalue weighted by Gasteiger charge is 2.44. The maximum absolute atomic E-state index is 5.06. The standard InChI is InChI=1S/C8H12N2.C2H6/c9-2-1-3-10-5-7-4-8(7)6-10;1-2/h7-8H,3-6,9H2;1-2H3. The fourth-order valence-corrected chi connectivity index (χ4v) is 1.78. The molecule has 0 radical (unpaired) electrons. The fourth-order valence-electron chi connectivity index (χ4n) is 1.78. The van der Waals surface area contributed by atoms with Gasteiger partial charge < -0.3 is 5.73 Å². The van der Waals surface area contributed by atoms with Crippen LogP contribution in [0, 0.1) is 23.8 Å². The number of fused-ring (bicyclic) bond motifs is 1. The van der Waals surface area contributed by atoms with Crippen LogP contribution in [0.2, 0.25) is 0 Å². The summed E-state index contributed by atoms with van der Waals surface area (Å²) >= 11 is 0. The van der Waals surface area contributed by atoms with Crippen LogP contribution in [0.25, 0.3) is 0 Å². The van der Waals surface area contributed by atoms with Crippen LogP contribution in [0.5, 0.6) is 0 Å². The summed E-state index contributed by atoms with van der Waals surface area (Å²) in [6.45, 7) is 7.40. The lowest BCUT2D eigenvalue weighted by molar-refractivity contribution is 0.343. The third-order valence-electron chi connectivity index (χ3n) is 2.46. The van der Waals surface area contributed by atoms with Crippen LogP contribution >= 0.6 is 0 Å². The molecular weight excluding hydrogens is 148 g/mol. The van der Waals surface area contributed by atoms with Crippen molar-refractivity contribution in [1.82, 2.24) is 4.90 Å². The number of piperidine rings is 1. The summed E-state index contributed by atoms with van der Waals surface area (Å²) in [6, 6.07) is 2.43. The topological polar surface area (TPSA) is 29.3 Å². The van der Waals surface area contributed by atoms with Crippen LogP contribution in [0.3, 0.4) is 0 Å². The third-order valence-corrected chi connectivity index (χ3v) is 2.46. The highest BCUT2D eigenvalue weighted by molar-refractivity contribution is 5.03. The number of hydrogen-bond acceptors (Lipinski definition) is 2. The first-order valence-corrected chi connectivity index (χ1v) is 4.81. The van der Waals surface area contributed by atoms with Crippen molar-refractivity contribution in [1.29, 1.82) is 0 Å². The van der Waals surface area contributed by atoms with E-state index in [1.807, 2.05) is 13.8 Å². The van der Waals surface area contributed by atoms with Gasteiger partial charge in [-0.25, -0.2) is 0 Å². The molecular formula is C10H18N2. The van der Waals surface area contributed by atoms with Gasteiger partial charge in [-0.1, -0.05) is 19.8 Å². The quantitative estimate of drug-likeness (QED) is 0.463. The Balaban J connectivity index is 0.000000336. The summed E-state index contributed by atoms with van der Waals surface area (Å²) in [5.41, 5.74) is 5.06. The van der Waals surface area contributed by atoms with Crippen molar-refractivity contribution < 1.29 is 0 Å². The molecule has 68 valence electrons. The molecule has 0 spiro atoms. The monoisotopic (exact) mass is 166 g/mol. The summed E-state index contributed by atoms with van der Waals surface area (Å²) in [5, 5.41) is 0. The minimum Gasteiger partial charge on any atom is -0.359 e. The summed E-state index contributed by atoms with van der Waals surface area (Å²) in [6.07, 6.45) is 1.46. The van der Waals surface area contributed by atoms with E-state index >= 15 is 0 Å². The van der Waals surface area contributed by atoms with E-state index in [-0.39, 0.29) is 0 Å². The molecule has 2 aliphatic rings. The fraction of sp³-hybridized carbons (Fsp3) is 0.800. The van der Waals surface area contributed by atoms with E-state index in [2.05, 4.69) is 16.9 Å². The van der Waals surface area contributed by atoms with Gasteiger partial charge in [-0.2, -0.15) is 0 Å². The molecule has 2 N–H and O–H groups in total. The van der Waals surface area contributed by atoms with Gasteiger partial charge in [0.2, 0.25) is 0 Å². The van der Waals surface area contributed by atoms with E-state index < -0.39 is 0 Å². The second-order valence-corrected chi connectivity index (χ2v) is 3.27. The van der Waals surface area contributed by atoms with E-state index in [1.54, 1.807) is 0 Å². The Morgan fingerprint density at radius 2 is 1.92 bits per heavy atom. The van der Waals surface area contributed by atoms with E-state index in [0.717, 1.165) is 18.4 Å². The van der Waals surface area contributed by atoms with Crippen LogP contribution in [0.4, 0.5) is 0 Å². The number of rotatable bonds is 1. The number of likely N-dealkylation sites (tertiary alicyclic amines) is 1. The predicted molar refractivity (Wildman–Crippen MR) is 51.3 cm³/mol. The number of hydrogen-bond donors (Lipinski definition) is 1. The SMILES string of the molecule is CC.NC#CCN1CC2CC2C1. The lowest BCUT2D eigenvalue weighted by Crippen LogP contribution is -2.22. The molecule has 1 aliphatic carbocycles. The lowest BCUT2D eigenvalue weighted by Gasteiger charge is -2.12. The van der Waals surface area contributed by atoms with Gasteiger partial charge in [0, 0.05) is 19.1 Å². The molecule has 2 fully saturated rings. The van der Waals surface area contributed by atoms with Gasteiger partial charge in [-0.05, 0) is 18.3 Å². The maximum Gasteiger partial charge on any atom is 0.0620 e. The smallest absolute Gasteiger partial charge is 0.0620 e. The summed E-state index contributed by atoms with van der Waals surface area (Å²) in [4.78, 5) is 2.39. The molecule has 0 bridgehead atoms. The molecule has 0 aromatic heterocycles. The maximum atomic E-state index is 5.06. The second-order valence-electron chi connectivity index (χ2n) is 3.27. The van der Waals surface area contributed by atoms with Gasteiger partial charge in [0.1, 0.15) is 0 Å². The van der Waals surface area contributed by atoms with Gasteiger partial charge in [0.05, 0.1) is 6.54 Å². The Labute approximate surface area is 75.1 Å². The average molecular weight is 166 g/mol. The molecule has 2 heteroatoms. The summed E-state index contributed by atoms with van der Waals surface area (Å²) in [7, 11) is 0. The molecule has 2 rings (SSSR count). The van der Waals surface area contributed by atoms with Crippen LogP contribution in [0.15, 0.2) is 0 Å².